The van der Waals surface area contributed by atoms with Crippen molar-refractivity contribution in [1.29, 1.82) is 0 Å². The van der Waals surface area contributed by atoms with Gasteiger partial charge in [-0.05, 0) is 65.9 Å². The first-order valence-electron chi connectivity index (χ1n) is 6.76. The van der Waals surface area contributed by atoms with Crippen molar-refractivity contribution >= 4 is 44.4 Å². The maximum Gasteiger partial charge on any atom is 0.339 e. The Bertz CT molecular complexity index is 791. The van der Waals surface area contributed by atoms with Crippen LogP contribution in [-0.2, 0) is 10.1 Å². The van der Waals surface area contributed by atoms with E-state index in [1.54, 1.807) is 31.2 Å². The first-order chi connectivity index (χ1) is 10.9. The molecule has 8 heteroatoms. The van der Waals surface area contributed by atoms with Gasteiger partial charge in [0.25, 0.3) is 0 Å². The van der Waals surface area contributed by atoms with Gasteiger partial charge >= 0.3 is 16.1 Å². The van der Waals surface area contributed by atoms with Gasteiger partial charge in [-0.1, -0.05) is 12.1 Å². The lowest BCUT2D eigenvalue weighted by molar-refractivity contribution is 0.252. The van der Waals surface area contributed by atoms with Gasteiger partial charge in [-0.3, -0.25) is 0 Å². The Labute approximate surface area is 148 Å². The molecule has 0 fully saturated rings. The zero-order valence-corrected chi connectivity index (χ0v) is 15.2. The zero-order chi connectivity index (χ0) is 16.9. The van der Waals surface area contributed by atoms with Crippen LogP contribution in [0.4, 0.5) is 10.5 Å². The van der Waals surface area contributed by atoms with Crippen molar-refractivity contribution < 1.29 is 17.4 Å². The summed E-state index contributed by atoms with van der Waals surface area (Å²) in [6.07, 6.45) is 0. The van der Waals surface area contributed by atoms with E-state index < -0.39 is 10.1 Å². The van der Waals surface area contributed by atoms with E-state index in [0.717, 1.165) is 0 Å². The summed E-state index contributed by atoms with van der Waals surface area (Å²) in [6, 6.07) is 12.3. The van der Waals surface area contributed by atoms with Crippen molar-refractivity contribution in [2.75, 3.05) is 11.9 Å². The largest absolute Gasteiger partial charge is 0.378 e. The molecule has 0 aliphatic rings. The minimum Gasteiger partial charge on any atom is -0.378 e. The van der Waals surface area contributed by atoms with Gasteiger partial charge in [0.2, 0.25) is 0 Å². The summed E-state index contributed by atoms with van der Waals surface area (Å²) in [4.78, 5) is 11.4. The molecule has 0 bridgehead atoms. The summed E-state index contributed by atoms with van der Waals surface area (Å²) in [5.74, 6) is 0.276. The van der Waals surface area contributed by atoms with Crippen molar-refractivity contribution in [3.8, 4) is 5.75 Å². The highest BCUT2D eigenvalue weighted by Crippen LogP contribution is 2.24. The number of hydrogen-bond donors (Lipinski definition) is 2. The fourth-order valence-corrected chi connectivity index (χ4v) is 3.31. The number of carbonyl (C=O) groups is 1. The molecular formula is C15H15IN2O4S. The van der Waals surface area contributed by atoms with Crippen LogP contribution in [0.3, 0.4) is 0 Å². The van der Waals surface area contributed by atoms with Gasteiger partial charge in [0.15, 0.2) is 5.75 Å². The van der Waals surface area contributed by atoms with Crippen molar-refractivity contribution in [2.45, 2.75) is 11.8 Å². The van der Waals surface area contributed by atoms with E-state index in [0.29, 0.717) is 15.8 Å². The van der Waals surface area contributed by atoms with E-state index in [9.17, 15) is 13.2 Å². The number of urea groups is 1. The van der Waals surface area contributed by atoms with Crippen molar-refractivity contribution in [2.24, 2.45) is 0 Å². The summed E-state index contributed by atoms with van der Waals surface area (Å²) in [7, 11) is -3.92. The van der Waals surface area contributed by atoms with Gasteiger partial charge in [0.05, 0.1) is 3.57 Å². The Kier molecular flexibility index (Phi) is 5.83. The quantitative estimate of drug-likeness (QED) is 0.546. The lowest BCUT2D eigenvalue weighted by Gasteiger charge is -2.10. The maximum atomic E-state index is 12.3. The van der Waals surface area contributed by atoms with Gasteiger partial charge in [-0.2, -0.15) is 8.42 Å². The van der Waals surface area contributed by atoms with Crippen LogP contribution in [0.2, 0.25) is 0 Å². The van der Waals surface area contributed by atoms with E-state index >= 15 is 0 Å². The normalized spacial score (nSPS) is 10.9. The van der Waals surface area contributed by atoms with E-state index in [1.165, 1.54) is 24.3 Å². The van der Waals surface area contributed by atoms with Crippen LogP contribution in [0.5, 0.6) is 5.75 Å². The first-order valence-corrected chi connectivity index (χ1v) is 9.25. The van der Waals surface area contributed by atoms with Gasteiger partial charge in [-0.15, -0.1) is 0 Å². The molecule has 23 heavy (non-hydrogen) atoms. The second-order valence-electron chi connectivity index (χ2n) is 4.48. The highest BCUT2D eigenvalue weighted by Gasteiger charge is 2.18. The molecule has 2 rings (SSSR count). The van der Waals surface area contributed by atoms with E-state index in [4.69, 9.17) is 4.18 Å². The molecule has 2 aromatic carbocycles. The van der Waals surface area contributed by atoms with Crippen molar-refractivity contribution in [3.05, 3.63) is 52.1 Å². The number of nitrogens with one attached hydrogen (secondary N) is 2. The van der Waals surface area contributed by atoms with Gasteiger partial charge in [-0.25, -0.2) is 4.79 Å². The summed E-state index contributed by atoms with van der Waals surface area (Å²) >= 11 is 2.00. The Morgan fingerprint density at radius 3 is 2.39 bits per heavy atom. The second kappa shape index (κ2) is 7.64. The first kappa shape index (κ1) is 17.5. The van der Waals surface area contributed by atoms with Crippen LogP contribution in [0, 0.1) is 3.57 Å². The Balaban J connectivity index is 2.14. The van der Waals surface area contributed by atoms with E-state index in [-0.39, 0.29) is 16.7 Å². The van der Waals surface area contributed by atoms with Gasteiger partial charge < -0.3 is 14.8 Å². The number of carbonyl (C=O) groups excluding carboxylic acids is 1. The lowest BCUT2D eigenvalue weighted by Crippen LogP contribution is -2.28. The summed E-state index contributed by atoms with van der Waals surface area (Å²) < 4.78 is 30.4. The monoisotopic (exact) mass is 446 g/mol. The van der Waals surface area contributed by atoms with Crippen LogP contribution in [0.1, 0.15) is 6.92 Å². The SMILES string of the molecule is CCNC(=O)Nc1ccc(S(=O)(=O)Oc2ccccc2I)cc1. The van der Waals surface area contributed by atoms with Gasteiger partial charge in [0, 0.05) is 12.2 Å². The van der Waals surface area contributed by atoms with Crippen molar-refractivity contribution in [1.82, 2.24) is 5.32 Å². The minimum atomic E-state index is -3.92. The molecule has 6 nitrogen and oxygen atoms in total. The van der Waals surface area contributed by atoms with E-state index in [1.807, 2.05) is 22.6 Å². The molecule has 0 aliphatic carbocycles. The van der Waals surface area contributed by atoms with Gasteiger partial charge in [0.1, 0.15) is 4.90 Å². The van der Waals surface area contributed by atoms with Crippen LogP contribution >= 0.6 is 22.6 Å². The van der Waals surface area contributed by atoms with Crippen LogP contribution in [0.25, 0.3) is 0 Å². The predicted molar refractivity (Wildman–Crippen MR) is 96.1 cm³/mol. The van der Waals surface area contributed by atoms with E-state index in [2.05, 4.69) is 10.6 Å². The molecule has 2 aromatic rings. The molecule has 122 valence electrons. The molecule has 0 saturated carbocycles. The van der Waals surface area contributed by atoms with Crippen LogP contribution < -0.4 is 14.8 Å². The molecule has 2 amide bonds. The fraction of sp³-hybridized carbons (Fsp3) is 0.133. The number of hydrogen-bond acceptors (Lipinski definition) is 4. The number of benzene rings is 2. The zero-order valence-electron chi connectivity index (χ0n) is 12.2. The molecule has 0 atom stereocenters. The Hall–Kier alpha value is -1.81. The highest BCUT2D eigenvalue weighted by molar-refractivity contribution is 14.1. The third-order valence-electron chi connectivity index (χ3n) is 2.77. The average molecular weight is 446 g/mol. The van der Waals surface area contributed by atoms with Crippen LogP contribution in [-0.4, -0.2) is 21.0 Å². The molecule has 0 aromatic heterocycles. The second-order valence-corrected chi connectivity index (χ2v) is 7.19. The molecule has 0 spiro atoms. The third kappa shape index (κ3) is 4.83. The molecule has 0 saturated heterocycles. The number of anilines is 1. The summed E-state index contributed by atoms with van der Waals surface area (Å²) in [5, 5.41) is 5.18. The average Bonchev–Trinajstić information content (AvgIpc) is 2.50. The summed E-state index contributed by atoms with van der Waals surface area (Å²) in [6.45, 7) is 2.30. The molecule has 0 radical (unpaired) electrons. The topological polar surface area (TPSA) is 84.5 Å². The molecule has 0 aliphatic heterocycles. The molecule has 2 N–H and O–H groups in total. The molecule has 0 unspecified atom stereocenters. The maximum absolute atomic E-state index is 12.3. The van der Waals surface area contributed by atoms with Crippen molar-refractivity contribution in [3.63, 3.8) is 0 Å². The fourth-order valence-electron chi connectivity index (χ4n) is 1.72. The Morgan fingerprint density at radius 1 is 1.13 bits per heavy atom. The highest BCUT2D eigenvalue weighted by atomic mass is 127. The smallest absolute Gasteiger partial charge is 0.339 e. The number of halogens is 1. The third-order valence-corrected chi connectivity index (χ3v) is 4.91. The number of rotatable bonds is 5. The lowest BCUT2D eigenvalue weighted by atomic mass is 10.3. The number of amides is 2. The Morgan fingerprint density at radius 2 is 1.78 bits per heavy atom. The molecular weight excluding hydrogens is 431 g/mol. The minimum absolute atomic E-state index is 0.0126. The predicted octanol–water partition coefficient (Wildman–Crippen LogP) is 3.20. The summed E-state index contributed by atoms with van der Waals surface area (Å²) in [5.41, 5.74) is 0.490. The standard InChI is InChI=1S/C15H15IN2O4S/c1-2-17-15(19)18-11-7-9-12(10-8-11)23(20,21)22-14-6-4-3-5-13(14)16/h3-10H,2H2,1H3,(H2,17,18,19). The van der Waals surface area contributed by atoms with Crippen LogP contribution in [0.15, 0.2) is 53.4 Å². The molecule has 0 heterocycles. The number of para-hydroxylation sites is 1.